The Kier molecular flexibility index (Phi) is 1030. The molecule has 0 radical (unpaired) electrons. The molecule has 0 saturated heterocycles. The quantitative estimate of drug-likeness (QED) is 0.322. The van der Waals surface area contributed by atoms with Gasteiger partial charge in [0.25, 0.3) is 12.5 Å². The Balaban J connectivity index is -0.00000000545. The second-order valence-corrected chi connectivity index (χ2v) is 0.291. The molecular weight excluding hydrogens is 269 g/mol. The molecule has 0 aliphatic carbocycles. The SMILES string of the molecule is N#CO.N#CO.N#C[O-].O.O.O.[Fe].[K+]. The fraction of sp³-hybridized carbons (Fsp3) is 0. The molecule has 0 atom stereocenters. The molecule has 0 aromatic rings. The normalized spacial score (nSPS) is 1.50. The zero-order valence-corrected chi connectivity index (χ0v) is 11.2. The molecule has 0 unspecified atom stereocenters. The average molecular weight is 277 g/mol. The van der Waals surface area contributed by atoms with Crippen LogP contribution < -0.4 is 56.5 Å². The van der Waals surface area contributed by atoms with Crippen molar-refractivity contribution in [2.24, 2.45) is 0 Å². The van der Waals surface area contributed by atoms with Crippen molar-refractivity contribution in [1.82, 2.24) is 0 Å². The van der Waals surface area contributed by atoms with E-state index in [0.29, 0.717) is 6.26 Å². The van der Waals surface area contributed by atoms with Crippen molar-refractivity contribution >= 4 is 0 Å². The van der Waals surface area contributed by atoms with Crippen LogP contribution in [-0.4, -0.2) is 26.6 Å². The molecule has 0 amide bonds. The van der Waals surface area contributed by atoms with Gasteiger partial charge in [0.2, 0.25) is 0 Å². The summed E-state index contributed by atoms with van der Waals surface area (Å²) in [6.07, 6.45) is 2.00. The predicted octanol–water partition coefficient (Wildman–Crippen LogP) is -6.96. The predicted molar refractivity (Wildman–Crippen MR) is 31.6 cm³/mol. The summed E-state index contributed by atoms with van der Waals surface area (Å²) < 4.78 is 0. The van der Waals surface area contributed by atoms with Crippen LogP contribution in [0.1, 0.15) is 0 Å². The molecule has 0 aromatic carbocycles. The molecule has 0 aliphatic heterocycles. The molecular formula is C3H8FeKN3O6. The first-order valence-corrected chi connectivity index (χ1v) is 1.32. The zero-order valence-electron chi connectivity index (χ0n) is 7.00. The number of nitrogens with zero attached hydrogens (tertiary/aromatic N) is 3. The molecule has 0 aliphatic rings. The minimum atomic E-state index is 0. The van der Waals surface area contributed by atoms with Crippen LogP contribution in [0.2, 0.25) is 0 Å². The molecule has 0 spiro atoms. The largest absolute Gasteiger partial charge is 1.00 e. The van der Waals surface area contributed by atoms with E-state index < -0.39 is 0 Å². The molecule has 0 aromatic heterocycles. The van der Waals surface area contributed by atoms with Gasteiger partial charge < -0.3 is 31.7 Å². The summed E-state index contributed by atoms with van der Waals surface area (Å²) in [6, 6.07) is 0. The average Bonchev–Trinajstić information content (AvgIpc) is 1.70. The number of rotatable bonds is 0. The second kappa shape index (κ2) is 217. The first-order valence-electron chi connectivity index (χ1n) is 1.32. The van der Waals surface area contributed by atoms with Gasteiger partial charge in [-0.25, -0.2) is 5.26 Å². The molecule has 0 rings (SSSR count). The molecule has 0 heterocycles. The summed E-state index contributed by atoms with van der Waals surface area (Å²) in [4.78, 5) is 0. The molecule has 9 nitrogen and oxygen atoms in total. The summed E-state index contributed by atoms with van der Waals surface area (Å²) in [5.74, 6) is 0. The van der Waals surface area contributed by atoms with Crippen molar-refractivity contribution in [1.29, 1.82) is 15.8 Å². The van der Waals surface area contributed by atoms with E-state index in [1.807, 2.05) is 0 Å². The van der Waals surface area contributed by atoms with Crippen LogP contribution in [0.3, 0.4) is 0 Å². The van der Waals surface area contributed by atoms with E-state index in [1.165, 1.54) is 0 Å². The molecule has 0 fully saturated rings. The van der Waals surface area contributed by atoms with Crippen molar-refractivity contribution in [3.05, 3.63) is 0 Å². The van der Waals surface area contributed by atoms with Crippen LogP contribution in [0, 0.1) is 34.6 Å². The van der Waals surface area contributed by atoms with Crippen molar-refractivity contribution in [2.45, 2.75) is 0 Å². The van der Waals surface area contributed by atoms with Gasteiger partial charge in [0.1, 0.15) is 0 Å². The van der Waals surface area contributed by atoms with Gasteiger partial charge in [0.15, 0.2) is 0 Å². The first-order chi connectivity index (χ1) is 4.24. The third kappa shape index (κ3) is 160000. The molecule has 8 N–H and O–H groups in total. The number of aliphatic hydroxyl groups is 2. The van der Waals surface area contributed by atoms with Gasteiger partial charge in [-0.1, -0.05) is 0 Å². The van der Waals surface area contributed by atoms with Gasteiger partial charge in [0.05, 0.1) is 0 Å². The number of hydrogen-bond acceptors (Lipinski definition) is 6. The minimum absolute atomic E-state index is 0. The van der Waals surface area contributed by atoms with E-state index in [-0.39, 0.29) is 84.9 Å². The van der Waals surface area contributed by atoms with Gasteiger partial charge in [-0.3, -0.25) is 0 Å². The fourth-order valence-electron chi connectivity index (χ4n) is 0. The molecule has 80 valence electrons. The topological polar surface area (TPSA) is 229 Å². The van der Waals surface area contributed by atoms with Gasteiger partial charge in [-0.15, -0.1) is 0 Å². The monoisotopic (exact) mass is 277 g/mol. The smallest absolute Gasteiger partial charge is 0.812 e. The Hall–Kier alpha value is -0.0942. The summed E-state index contributed by atoms with van der Waals surface area (Å²) >= 11 is 0. The van der Waals surface area contributed by atoms with Crippen molar-refractivity contribution in [3.8, 4) is 18.8 Å². The van der Waals surface area contributed by atoms with E-state index in [9.17, 15) is 0 Å². The third-order valence-electron chi connectivity index (χ3n) is 0. The Bertz CT molecular complexity index is 121. The van der Waals surface area contributed by atoms with E-state index in [4.69, 9.17) is 31.1 Å². The van der Waals surface area contributed by atoms with E-state index in [0.717, 1.165) is 12.5 Å². The number of aliphatic hydroxyl groups excluding tert-OH is 2. The zero-order chi connectivity index (χ0) is 8.12. The summed E-state index contributed by atoms with van der Waals surface area (Å²) in [7, 11) is 0. The molecule has 0 saturated carbocycles. The van der Waals surface area contributed by atoms with Crippen LogP contribution in [0.15, 0.2) is 0 Å². The number of nitriles is 3. The van der Waals surface area contributed by atoms with Gasteiger partial charge in [-0.05, 0) is 0 Å². The Morgan fingerprint density at radius 1 is 0.857 bits per heavy atom. The molecule has 14 heavy (non-hydrogen) atoms. The van der Waals surface area contributed by atoms with Crippen LogP contribution in [0.5, 0.6) is 0 Å². The maximum absolute atomic E-state index is 8.24. The van der Waals surface area contributed by atoms with Crippen molar-refractivity contribution in [2.75, 3.05) is 0 Å². The fourth-order valence-corrected chi connectivity index (χ4v) is 0. The third-order valence-corrected chi connectivity index (χ3v) is 0. The summed E-state index contributed by atoms with van der Waals surface area (Å²) in [5, 5.41) is 42.5. The van der Waals surface area contributed by atoms with Gasteiger partial charge in [-0.2, -0.15) is 10.5 Å². The summed E-state index contributed by atoms with van der Waals surface area (Å²) in [6.45, 7) is 0. The number of hydrogen-bond donors (Lipinski definition) is 2. The molecule has 0 bridgehead atoms. The maximum atomic E-state index is 8.24. The van der Waals surface area contributed by atoms with Crippen molar-refractivity contribution in [3.63, 3.8) is 0 Å². The second-order valence-electron chi connectivity index (χ2n) is 0.291. The minimum Gasteiger partial charge on any atom is -0.812 e. The van der Waals surface area contributed by atoms with E-state index >= 15 is 0 Å². The van der Waals surface area contributed by atoms with Crippen LogP contribution in [0.4, 0.5) is 0 Å². The Morgan fingerprint density at radius 2 is 0.857 bits per heavy atom. The maximum Gasteiger partial charge on any atom is 1.00 e. The van der Waals surface area contributed by atoms with Crippen LogP contribution in [0.25, 0.3) is 0 Å². The van der Waals surface area contributed by atoms with E-state index in [1.54, 1.807) is 0 Å². The molecule has 11 heteroatoms. The Labute approximate surface area is 133 Å². The standard InChI is InChI=1S/3CHNO.Fe.K.3H2O/c3*2-1-3;;;;;/h3*3H;;;3*1H2/q;;;;+1;;;/p-1. The first kappa shape index (κ1) is 66.4. The summed E-state index contributed by atoms with van der Waals surface area (Å²) in [5.41, 5.74) is 0. The van der Waals surface area contributed by atoms with E-state index in [2.05, 4.69) is 0 Å². The van der Waals surface area contributed by atoms with Gasteiger partial charge >= 0.3 is 51.4 Å². The van der Waals surface area contributed by atoms with Crippen LogP contribution in [-0.2, 0) is 17.1 Å². The van der Waals surface area contributed by atoms with Gasteiger partial charge in [0, 0.05) is 23.3 Å². The van der Waals surface area contributed by atoms with Crippen LogP contribution >= 0.6 is 0 Å². The van der Waals surface area contributed by atoms with Crippen molar-refractivity contribution < 1.29 is 100 Å². The Morgan fingerprint density at radius 3 is 0.857 bits per heavy atom.